The van der Waals surface area contributed by atoms with Crippen LogP contribution in [0.4, 0.5) is 11.4 Å². The Balaban J connectivity index is 1.71. The monoisotopic (exact) mass is 510 g/mol. The molecule has 4 aromatic rings. The molecule has 3 aromatic carbocycles. The predicted octanol–water partition coefficient (Wildman–Crippen LogP) is 5.66. The molecule has 0 saturated heterocycles. The maximum atomic E-state index is 13.5. The van der Waals surface area contributed by atoms with Crippen LogP contribution in [0.3, 0.4) is 0 Å². The van der Waals surface area contributed by atoms with Gasteiger partial charge in [0.1, 0.15) is 6.54 Å². The van der Waals surface area contributed by atoms with Crippen molar-refractivity contribution < 1.29 is 18.3 Å². The SMILES string of the molecule is Cc1ccc(N(CC(=O)N=Nc2c(O)n(C)c3ccccc23)S(=O)(=O)c2ccc(Cl)cc2)cc1C. The van der Waals surface area contributed by atoms with Crippen LogP contribution in [0, 0.1) is 13.8 Å². The number of para-hydroxylation sites is 1. The molecule has 0 atom stereocenters. The maximum absolute atomic E-state index is 13.5. The summed E-state index contributed by atoms with van der Waals surface area (Å²) in [6.45, 7) is 3.19. The summed E-state index contributed by atoms with van der Waals surface area (Å²) in [6, 6.07) is 18.0. The number of aryl methyl sites for hydroxylation is 3. The molecule has 0 fully saturated rings. The van der Waals surface area contributed by atoms with Gasteiger partial charge in [0, 0.05) is 17.5 Å². The lowest BCUT2D eigenvalue weighted by Crippen LogP contribution is -2.35. The number of halogens is 1. The van der Waals surface area contributed by atoms with Crippen LogP contribution < -0.4 is 4.31 Å². The summed E-state index contributed by atoms with van der Waals surface area (Å²) in [4.78, 5) is 12.8. The van der Waals surface area contributed by atoms with Crippen molar-refractivity contribution in [2.45, 2.75) is 18.7 Å². The number of rotatable bonds is 6. The van der Waals surface area contributed by atoms with E-state index in [0.29, 0.717) is 21.6 Å². The molecular formula is C25H23ClN4O4S. The molecule has 0 radical (unpaired) electrons. The fourth-order valence-corrected chi connectivity index (χ4v) is 5.18. The second-order valence-corrected chi connectivity index (χ2v) is 10.4. The minimum absolute atomic E-state index is 0.0171. The molecule has 0 unspecified atom stereocenters. The van der Waals surface area contributed by atoms with Gasteiger partial charge in [-0.3, -0.25) is 9.10 Å². The average Bonchev–Trinajstić information content (AvgIpc) is 3.08. The van der Waals surface area contributed by atoms with Gasteiger partial charge in [0.15, 0.2) is 5.69 Å². The van der Waals surface area contributed by atoms with Gasteiger partial charge in [0.05, 0.1) is 16.1 Å². The van der Waals surface area contributed by atoms with Crippen molar-refractivity contribution in [2.75, 3.05) is 10.8 Å². The van der Waals surface area contributed by atoms with Gasteiger partial charge in [-0.1, -0.05) is 35.9 Å². The number of azo groups is 1. The third-order valence-electron chi connectivity index (χ3n) is 5.77. The number of aromatic nitrogens is 1. The highest BCUT2D eigenvalue weighted by atomic mass is 35.5. The molecule has 0 aliphatic heterocycles. The molecule has 1 heterocycles. The van der Waals surface area contributed by atoms with Crippen molar-refractivity contribution in [3.63, 3.8) is 0 Å². The zero-order valence-corrected chi connectivity index (χ0v) is 20.9. The second-order valence-electron chi connectivity index (χ2n) is 8.08. The zero-order valence-electron chi connectivity index (χ0n) is 19.3. The number of carbonyl (C=O) groups is 1. The Kier molecular flexibility index (Phi) is 6.64. The Labute approximate surface area is 208 Å². The van der Waals surface area contributed by atoms with Crippen LogP contribution in [-0.4, -0.2) is 30.5 Å². The number of nitrogens with zero attached hydrogens (tertiary/aromatic N) is 4. The minimum Gasteiger partial charge on any atom is -0.493 e. The standard InChI is InChI=1S/C25H23ClN4O4S/c1-16-8-11-19(14-17(16)2)30(35(33,34)20-12-9-18(26)10-13-20)15-23(31)27-28-24-21-6-4-5-7-22(21)29(3)25(24)32/h4-14,32H,15H2,1-3H3. The molecule has 1 amide bonds. The number of fused-ring (bicyclic) bond motifs is 1. The summed E-state index contributed by atoms with van der Waals surface area (Å²) >= 11 is 5.92. The van der Waals surface area contributed by atoms with Crippen LogP contribution in [0.2, 0.25) is 5.02 Å². The van der Waals surface area contributed by atoms with E-state index in [0.717, 1.165) is 15.4 Å². The van der Waals surface area contributed by atoms with Gasteiger partial charge in [-0.05, 0) is 67.4 Å². The fraction of sp³-hybridized carbons (Fsp3) is 0.160. The molecule has 10 heteroatoms. The lowest BCUT2D eigenvalue weighted by atomic mass is 10.1. The number of benzene rings is 3. The first kappa shape index (κ1) is 24.4. The van der Waals surface area contributed by atoms with Gasteiger partial charge in [0.25, 0.3) is 15.9 Å². The van der Waals surface area contributed by atoms with E-state index in [2.05, 4.69) is 10.2 Å². The van der Waals surface area contributed by atoms with Crippen molar-refractivity contribution in [3.05, 3.63) is 82.9 Å². The molecule has 0 spiro atoms. The van der Waals surface area contributed by atoms with E-state index < -0.39 is 22.5 Å². The Bertz CT molecular complexity index is 1560. The lowest BCUT2D eigenvalue weighted by Gasteiger charge is -2.23. The quantitative estimate of drug-likeness (QED) is 0.338. The molecule has 0 saturated carbocycles. The van der Waals surface area contributed by atoms with E-state index in [9.17, 15) is 18.3 Å². The van der Waals surface area contributed by atoms with E-state index in [1.807, 2.05) is 19.9 Å². The number of aromatic hydroxyl groups is 1. The van der Waals surface area contributed by atoms with E-state index >= 15 is 0 Å². The second kappa shape index (κ2) is 9.52. The van der Waals surface area contributed by atoms with Crippen LogP contribution >= 0.6 is 11.6 Å². The van der Waals surface area contributed by atoms with Crippen molar-refractivity contribution in [1.82, 2.24) is 4.57 Å². The molecule has 8 nitrogen and oxygen atoms in total. The van der Waals surface area contributed by atoms with Crippen LogP contribution in [0.25, 0.3) is 10.9 Å². The highest BCUT2D eigenvalue weighted by Gasteiger charge is 2.28. The summed E-state index contributed by atoms with van der Waals surface area (Å²) in [5.41, 5.74) is 3.02. The Hall–Kier alpha value is -3.69. The van der Waals surface area contributed by atoms with Gasteiger partial charge in [-0.15, -0.1) is 10.2 Å². The van der Waals surface area contributed by atoms with Crippen LogP contribution in [0.1, 0.15) is 11.1 Å². The summed E-state index contributed by atoms with van der Waals surface area (Å²) in [5.74, 6) is -0.948. The van der Waals surface area contributed by atoms with Crippen molar-refractivity contribution in [3.8, 4) is 5.88 Å². The van der Waals surface area contributed by atoms with Gasteiger partial charge in [-0.2, -0.15) is 0 Å². The number of sulfonamides is 1. The first-order valence-corrected chi connectivity index (χ1v) is 12.5. The normalized spacial score (nSPS) is 11.9. The molecule has 35 heavy (non-hydrogen) atoms. The van der Waals surface area contributed by atoms with E-state index in [-0.39, 0.29) is 16.5 Å². The number of hydrogen-bond acceptors (Lipinski definition) is 5. The highest BCUT2D eigenvalue weighted by Crippen LogP contribution is 2.37. The van der Waals surface area contributed by atoms with Crippen molar-refractivity contribution >= 4 is 49.8 Å². The van der Waals surface area contributed by atoms with Crippen LogP contribution in [0.5, 0.6) is 5.88 Å². The molecule has 180 valence electrons. The number of amides is 1. The third kappa shape index (κ3) is 4.78. The van der Waals surface area contributed by atoms with Gasteiger partial charge < -0.3 is 9.67 Å². The molecule has 1 N–H and O–H groups in total. The summed E-state index contributed by atoms with van der Waals surface area (Å²) < 4.78 is 29.5. The largest absolute Gasteiger partial charge is 0.493 e. The molecule has 0 aliphatic carbocycles. The minimum atomic E-state index is -4.12. The first-order chi connectivity index (χ1) is 16.6. The van der Waals surface area contributed by atoms with Crippen molar-refractivity contribution in [2.24, 2.45) is 17.3 Å². The Morgan fingerprint density at radius 3 is 2.40 bits per heavy atom. The molecule has 1 aromatic heterocycles. The Morgan fingerprint density at radius 1 is 1.03 bits per heavy atom. The maximum Gasteiger partial charge on any atom is 0.285 e. The number of hydrogen-bond donors (Lipinski definition) is 1. The Morgan fingerprint density at radius 2 is 1.71 bits per heavy atom. The molecule has 0 bridgehead atoms. The van der Waals surface area contributed by atoms with Crippen LogP contribution in [-0.2, 0) is 21.9 Å². The van der Waals surface area contributed by atoms with Crippen molar-refractivity contribution in [1.29, 1.82) is 0 Å². The van der Waals surface area contributed by atoms with Gasteiger partial charge in [-0.25, -0.2) is 8.42 Å². The topological polar surface area (TPSA) is 104 Å². The average molecular weight is 511 g/mol. The van der Waals surface area contributed by atoms with E-state index in [1.165, 1.54) is 28.8 Å². The van der Waals surface area contributed by atoms with E-state index in [1.54, 1.807) is 43.4 Å². The lowest BCUT2D eigenvalue weighted by molar-refractivity contribution is -0.116. The smallest absolute Gasteiger partial charge is 0.285 e. The first-order valence-electron chi connectivity index (χ1n) is 10.7. The highest BCUT2D eigenvalue weighted by molar-refractivity contribution is 7.92. The summed E-state index contributed by atoms with van der Waals surface area (Å²) in [6.07, 6.45) is 0. The van der Waals surface area contributed by atoms with Gasteiger partial charge in [0.2, 0.25) is 5.88 Å². The third-order valence-corrected chi connectivity index (χ3v) is 7.81. The summed E-state index contributed by atoms with van der Waals surface area (Å²) in [5, 5.41) is 19.1. The number of anilines is 1. The van der Waals surface area contributed by atoms with Crippen LogP contribution in [0.15, 0.2) is 81.9 Å². The van der Waals surface area contributed by atoms with Gasteiger partial charge >= 0.3 is 0 Å². The number of carbonyl (C=O) groups excluding carboxylic acids is 1. The summed E-state index contributed by atoms with van der Waals surface area (Å²) in [7, 11) is -2.45. The molecule has 0 aliphatic rings. The van der Waals surface area contributed by atoms with E-state index in [4.69, 9.17) is 11.6 Å². The predicted molar refractivity (Wildman–Crippen MR) is 136 cm³/mol. The molecule has 4 rings (SSSR count). The zero-order chi connectivity index (χ0) is 25.3. The fourth-order valence-electron chi connectivity index (χ4n) is 3.65. The molecular weight excluding hydrogens is 488 g/mol.